The highest BCUT2D eigenvalue weighted by molar-refractivity contribution is 6.02. The van der Waals surface area contributed by atoms with Crippen molar-refractivity contribution in [1.82, 2.24) is 0 Å². The number of aliphatic imine (C=N–C) groups is 1. The third-order valence-electron chi connectivity index (χ3n) is 4.16. The first-order valence-corrected chi connectivity index (χ1v) is 7.75. The summed E-state index contributed by atoms with van der Waals surface area (Å²) >= 11 is 0. The Balaban J connectivity index is 2.12. The van der Waals surface area contributed by atoms with Crippen LogP contribution in [0.5, 0.6) is 0 Å². The van der Waals surface area contributed by atoms with E-state index in [2.05, 4.69) is 11.1 Å². The van der Waals surface area contributed by atoms with Gasteiger partial charge in [-0.15, -0.1) is 0 Å². The van der Waals surface area contributed by atoms with Crippen molar-refractivity contribution in [2.45, 2.75) is 12.8 Å². The third-order valence-corrected chi connectivity index (χ3v) is 4.16. The van der Waals surface area contributed by atoms with Gasteiger partial charge < -0.3 is 16.6 Å². The number of nitrogens with two attached hydrogens (primary N) is 2. The molecule has 3 rings (SSSR count). The Morgan fingerprint density at radius 1 is 1.08 bits per heavy atom. The number of aliphatic hydroxyl groups excluding tert-OH is 1. The second-order valence-corrected chi connectivity index (χ2v) is 5.72. The standard InChI is InChI=1S/C19H19N3O2/c20-19(21)22-18(24)14-6-3-5-13(10-14)17-15(11-23)9-8-12-4-1-2-7-16(12)17/h1-7,10,23H,8-9,11H2,(H4,20,21,22,24). The molecule has 1 aliphatic carbocycles. The minimum atomic E-state index is -0.480. The zero-order chi connectivity index (χ0) is 17.1. The average Bonchev–Trinajstić information content (AvgIpc) is 2.60. The monoisotopic (exact) mass is 321 g/mol. The number of hydrogen-bond acceptors (Lipinski definition) is 2. The fourth-order valence-electron chi connectivity index (χ4n) is 3.09. The van der Waals surface area contributed by atoms with E-state index >= 15 is 0 Å². The van der Waals surface area contributed by atoms with Gasteiger partial charge in [-0.05, 0) is 52.8 Å². The van der Waals surface area contributed by atoms with Crippen LogP contribution in [-0.2, 0) is 6.42 Å². The fourth-order valence-corrected chi connectivity index (χ4v) is 3.09. The lowest BCUT2D eigenvalue weighted by Crippen LogP contribution is -2.24. The smallest absolute Gasteiger partial charge is 0.280 e. The normalized spacial score (nSPS) is 13.4. The third kappa shape index (κ3) is 3.07. The minimum absolute atomic E-state index is 0.00422. The second-order valence-electron chi connectivity index (χ2n) is 5.72. The Morgan fingerprint density at radius 3 is 2.62 bits per heavy atom. The van der Waals surface area contributed by atoms with Crippen molar-refractivity contribution in [2.24, 2.45) is 16.5 Å². The van der Waals surface area contributed by atoms with E-state index in [0.29, 0.717) is 5.56 Å². The van der Waals surface area contributed by atoms with Gasteiger partial charge in [0, 0.05) is 5.56 Å². The molecule has 0 unspecified atom stereocenters. The lowest BCUT2D eigenvalue weighted by molar-refractivity contribution is 0.100. The van der Waals surface area contributed by atoms with Gasteiger partial charge in [0.2, 0.25) is 0 Å². The zero-order valence-electron chi connectivity index (χ0n) is 13.2. The maximum atomic E-state index is 12.1. The van der Waals surface area contributed by atoms with Gasteiger partial charge in [-0.1, -0.05) is 36.4 Å². The maximum Gasteiger partial charge on any atom is 0.280 e. The van der Waals surface area contributed by atoms with Gasteiger partial charge in [-0.25, -0.2) is 0 Å². The lowest BCUT2D eigenvalue weighted by Gasteiger charge is -2.23. The molecule has 5 heteroatoms. The molecule has 1 amide bonds. The number of amides is 1. The molecule has 24 heavy (non-hydrogen) atoms. The predicted molar refractivity (Wildman–Crippen MR) is 94.5 cm³/mol. The van der Waals surface area contributed by atoms with E-state index in [1.165, 1.54) is 5.56 Å². The van der Waals surface area contributed by atoms with Crippen LogP contribution in [0.15, 0.2) is 59.1 Å². The molecule has 0 radical (unpaired) electrons. The number of carbonyl (C=O) groups excluding carboxylic acids is 1. The van der Waals surface area contributed by atoms with Crippen LogP contribution in [0.4, 0.5) is 0 Å². The SMILES string of the molecule is NC(N)=NC(=O)c1cccc(C2=C(CO)CCc3ccccc32)c1. The quantitative estimate of drug-likeness (QED) is 0.593. The number of hydrogen-bond donors (Lipinski definition) is 3. The molecule has 0 saturated carbocycles. The summed E-state index contributed by atoms with van der Waals surface area (Å²) in [4.78, 5) is 15.7. The first-order valence-electron chi connectivity index (χ1n) is 7.75. The van der Waals surface area contributed by atoms with Crippen LogP contribution in [0.2, 0.25) is 0 Å². The molecule has 2 aromatic rings. The minimum Gasteiger partial charge on any atom is -0.392 e. The zero-order valence-corrected chi connectivity index (χ0v) is 13.2. The number of guanidine groups is 1. The second kappa shape index (κ2) is 6.68. The summed E-state index contributed by atoms with van der Waals surface area (Å²) in [6, 6.07) is 15.3. The summed E-state index contributed by atoms with van der Waals surface area (Å²) in [6.07, 6.45) is 1.71. The van der Waals surface area contributed by atoms with Crippen LogP contribution in [0.3, 0.4) is 0 Å². The number of aliphatic hydroxyl groups is 1. The van der Waals surface area contributed by atoms with Crippen molar-refractivity contribution in [3.63, 3.8) is 0 Å². The van der Waals surface area contributed by atoms with Crippen molar-refractivity contribution in [3.05, 3.63) is 76.4 Å². The molecule has 0 spiro atoms. The van der Waals surface area contributed by atoms with Crippen LogP contribution >= 0.6 is 0 Å². The number of fused-ring (bicyclic) bond motifs is 1. The largest absolute Gasteiger partial charge is 0.392 e. The van der Waals surface area contributed by atoms with Crippen molar-refractivity contribution >= 4 is 17.4 Å². The van der Waals surface area contributed by atoms with E-state index in [0.717, 1.165) is 35.1 Å². The molecule has 0 aliphatic heterocycles. The van der Waals surface area contributed by atoms with Gasteiger partial charge in [0.15, 0.2) is 5.96 Å². The van der Waals surface area contributed by atoms with Crippen LogP contribution in [-0.4, -0.2) is 23.6 Å². The molecule has 0 saturated heterocycles. The van der Waals surface area contributed by atoms with Gasteiger partial charge in [0.25, 0.3) is 5.91 Å². The molecular weight excluding hydrogens is 302 g/mol. The summed E-state index contributed by atoms with van der Waals surface area (Å²) in [5, 5.41) is 9.77. The first kappa shape index (κ1) is 16.0. The number of rotatable bonds is 3. The molecule has 0 atom stereocenters. The van der Waals surface area contributed by atoms with Crippen molar-refractivity contribution < 1.29 is 9.90 Å². The topological polar surface area (TPSA) is 102 Å². The van der Waals surface area contributed by atoms with Crippen LogP contribution in [0, 0.1) is 0 Å². The fraction of sp³-hybridized carbons (Fsp3) is 0.158. The number of benzene rings is 2. The summed E-state index contributed by atoms with van der Waals surface area (Å²) in [7, 11) is 0. The Bertz CT molecular complexity index is 849. The van der Waals surface area contributed by atoms with Crippen molar-refractivity contribution in [2.75, 3.05) is 6.61 Å². The molecule has 5 N–H and O–H groups in total. The molecular formula is C19H19N3O2. The van der Waals surface area contributed by atoms with Crippen molar-refractivity contribution in [3.8, 4) is 0 Å². The van der Waals surface area contributed by atoms with Gasteiger partial charge in [-0.2, -0.15) is 4.99 Å². The van der Waals surface area contributed by atoms with Crippen LogP contribution in [0.25, 0.3) is 5.57 Å². The summed E-state index contributed by atoms with van der Waals surface area (Å²) in [5.41, 5.74) is 16.1. The summed E-state index contributed by atoms with van der Waals surface area (Å²) in [6.45, 7) is -0.00422. The molecule has 0 bridgehead atoms. The molecule has 5 nitrogen and oxygen atoms in total. The van der Waals surface area contributed by atoms with Gasteiger partial charge in [-0.3, -0.25) is 4.79 Å². The highest BCUT2D eigenvalue weighted by atomic mass is 16.3. The highest BCUT2D eigenvalue weighted by Crippen LogP contribution is 2.36. The van der Waals surface area contributed by atoms with E-state index < -0.39 is 5.91 Å². The number of carbonyl (C=O) groups is 1. The number of nitrogens with zero attached hydrogens (tertiary/aromatic N) is 1. The Hall–Kier alpha value is -2.92. The van der Waals surface area contributed by atoms with E-state index in [1.54, 1.807) is 18.2 Å². The lowest BCUT2D eigenvalue weighted by atomic mass is 9.82. The Kier molecular flexibility index (Phi) is 4.44. The van der Waals surface area contributed by atoms with E-state index in [9.17, 15) is 9.90 Å². The summed E-state index contributed by atoms with van der Waals surface area (Å²) in [5.74, 6) is -0.740. The molecule has 1 aliphatic rings. The number of aryl methyl sites for hydroxylation is 1. The van der Waals surface area contributed by atoms with Crippen LogP contribution < -0.4 is 11.5 Å². The Labute approximate surface area is 140 Å². The highest BCUT2D eigenvalue weighted by Gasteiger charge is 2.20. The predicted octanol–water partition coefficient (Wildman–Crippen LogP) is 1.84. The van der Waals surface area contributed by atoms with Gasteiger partial charge >= 0.3 is 0 Å². The molecule has 0 aromatic heterocycles. The van der Waals surface area contributed by atoms with Crippen molar-refractivity contribution in [1.29, 1.82) is 0 Å². The van der Waals surface area contributed by atoms with Gasteiger partial charge in [0.1, 0.15) is 0 Å². The molecule has 2 aromatic carbocycles. The molecule has 0 fully saturated rings. The van der Waals surface area contributed by atoms with E-state index in [-0.39, 0.29) is 12.6 Å². The van der Waals surface area contributed by atoms with E-state index in [1.807, 2.05) is 24.3 Å². The molecule has 122 valence electrons. The first-order chi connectivity index (χ1) is 11.6. The maximum absolute atomic E-state index is 12.1. The molecule has 0 heterocycles. The summed E-state index contributed by atoms with van der Waals surface area (Å²) < 4.78 is 0. The average molecular weight is 321 g/mol. The van der Waals surface area contributed by atoms with Crippen LogP contribution in [0.1, 0.15) is 33.5 Å². The van der Waals surface area contributed by atoms with Gasteiger partial charge in [0.05, 0.1) is 6.61 Å². The Morgan fingerprint density at radius 2 is 1.88 bits per heavy atom. The van der Waals surface area contributed by atoms with E-state index in [4.69, 9.17) is 11.5 Å².